The summed E-state index contributed by atoms with van der Waals surface area (Å²) in [4.78, 5) is 4.86. The third-order valence-electron chi connectivity index (χ3n) is 1.56. The lowest BCUT2D eigenvalue weighted by Gasteiger charge is -1.98. The van der Waals surface area contributed by atoms with Gasteiger partial charge in [0.15, 0.2) is 0 Å². The molecule has 0 aliphatic carbocycles. The Labute approximate surface area is 68.7 Å². The van der Waals surface area contributed by atoms with Gasteiger partial charge in [-0.3, -0.25) is 4.40 Å². The number of hydrogen-bond donors (Lipinski definition) is 1. The molecule has 0 amide bonds. The highest BCUT2D eigenvalue weighted by Crippen LogP contribution is 2.10. The van der Waals surface area contributed by atoms with E-state index in [1.54, 1.807) is 16.9 Å². The Kier molecular flexibility index (Phi) is 1.32. The van der Waals surface area contributed by atoms with Crippen LogP contribution < -0.4 is 0 Å². The molecule has 0 aliphatic rings. The summed E-state index contributed by atoms with van der Waals surface area (Å²) in [5, 5.41) is 7.51. The molecule has 2 rings (SSSR count). The van der Waals surface area contributed by atoms with Crippen molar-refractivity contribution in [2.45, 2.75) is 11.8 Å². The van der Waals surface area contributed by atoms with Crippen LogP contribution in [0.25, 0.3) is 5.78 Å². The highest BCUT2D eigenvalue weighted by atomic mass is 32.1. The van der Waals surface area contributed by atoms with Crippen molar-refractivity contribution in [2.75, 3.05) is 0 Å². The fraction of sp³-hybridized carbons (Fsp3) is 0.167. The van der Waals surface area contributed by atoms with Crippen LogP contribution in [-0.4, -0.2) is 19.6 Å². The molecule has 5 heteroatoms. The van der Waals surface area contributed by atoms with Crippen molar-refractivity contribution in [3.8, 4) is 0 Å². The third kappa shape index (κ3) is 0.883. The molecule has 56 valence electrons. The molecule has 2 heterocycles. The number of fused-ring (bicyclic) bond motifs is 1. The number of hydrogen-bond acceptors (Lipinski definition) is 4. The lowest BCUT2D eigenvalue weighted by Crippen LogP contribution is -1.93. The van der Waals surface area contributed by atoms with E-state index in [1.165, 1.54) is 0 Å². The largest absolute Gasteiger partial charge is 0.269 e. The van der Waals surface area contributed by atoms with Crippen molar-refractivity contribution in [2.24, 2.45) is 0 Å². The average molecular weight is 166 g/mol. The Morgan fingerprint density at radius 2 is 2.36 bits per heavy atom. The minimum absolute atomic E-state index is 0.611. The van der Waals surface area contributed by atoms with Gasteiger partial charge in [-0.25, -0.2) is 4.98 Å². The minimum Gasteiger partial charge on any atom is -0.269 e. The second-order valence-corrected chi connectivity index (χ2v) is 2.71. The number of nitrogens with zero attached hydrogens (tertiary/aromatic N) is 4. The van der Waals surface area contributed by atoms with E-state index >= 15 is 0 Å². The summed E-state index contributed by atoms with van der Waals surface area (Å²) in [5.74, 6) is 0.611. The standard InChI is InChI=1S/C6H6N4S/c1-4-5(11)2-7-6-9-8-3-10(4)6/h2-3,11H,1H3. The Hall–Kier alpha value is -1.10. The van der Waals surface area contributed by atoms with E-state index in [9.17, 15) is 0 Å². The van der Waals surface area contributed by atoms with Gasteiger partial charge < -0.3 is 0 Å². The molecule has 0 unspecified atom stereocenters. The maximum absolute atomic E-state index is 4.21. The molecule has 0 N–H and O–H groups in total. The highest BCUT2D eigenvalue weighted by molar-refractivity contribution is 7.80. The molecule has 2 aromatic rings. The number of aromatic nitrogens is 4. The molecule has 0 aliphatic heterocycles. The predicted molar refractivity (Wildman–Crippen MR) is 42.8 cm³/mol. The van der Waals surface area contributed by atoms with Gasteiger partial charge in [0.05, 0.1) is 0 Å². The molecule has 2 aromatic heterocycles. The molecule has 0 aromatic carbocycles. The molecule has 0 bridgehead atoms. The lowest BCUT2D eigenvalue weighted by molar-refractivity contribution is 0.981. The Balaban J connectivity index is 2.93. The smallest absolute Gasteiger partial charge is 0.255 e. The van der Waals surface area contributed by atoms with Crippen molar-refractivity contribution in [1.29, 1.82) is 0 Å². The van der Waals surface area contributed by atoms with E-state index in [0.717, 1.165) is 10.6 Å². The first-order valence-corrected chi connectivity index (χ1v) is 3.58. The first-order valence-electron chi connectivity index (χ1n) is 3.13. The third-order valence-corrected chi connectivity index (χ3v) is 2.00. The topological polar surface area (TPSA) is 43.1 Å². The number of thiol groups is 1. The van der Waals surface area contributed by atoms with Crippen LogP contribution in [0.2, 0.25) is 0 Å². The normalized spacial score (nSPS) is 10.7. The van der Waals surface area contributed by atoms with Gasteiger partial charge in [-0.05, 0) is 6.92 Å². The molecule has 0 radical (unpaired) electrons. The maximum Gasteiger partial charge on any atom is 0.255 e. The summed E-state index contributed by atoms with van der Waals surface area (Å²) >= 11 is 4.21. The van der Waals surface area contributed by atoms with E-state index in [4.69, 9.17) is 0 Å². The van der Waals surface area contributed by atoms with Gasteiger partial charge in [-0.15, -0.1) is 22.8 Å². The van der Waals surface area contributed by atoms with Gasteiger partial charge in [-0.2, -0.15) is 0 Å². The summed E-state index contributed by atoms with van der Waals surface area (Å²) in [5.41, 5.74) is 1.00. The Morgan fingerprint density at radius 3 is 3.18 bits per heavy atom. The summed E-state index contributed by atoms with van der Waals surface area (Å²) in [6, 6.07) is 0. The molecule has 0 fully saturated rings. The van der Waals surface area contributed by atoms with Crippen LogP contribution in [0.4, 0.5) is 0 Å². The molecule has 0 saturated heterocycles. The van der Waals surface area contributed by atoms with Crippen LogP contribution in [-0.2, 0) is 0 Å². The monoisotopic (exact) mass is 166 g/mol. The van der Waals surface area contributed by atoms with Crippen molar-refractivity contribution < 1.29 is 0 Å². The summed E-state index contributed by atoms with van der Waals surface area (Å²) in [7, 11) is 0. The van der Waals surface area contributed by atoms with E-state index in [2.05, 4.69) is 27.8 Å². The second kappa shape index (κ2) is 2.20. The molecular formula is C6H6N4S. The molecule has 0 atom stereocenters. The van der Waals surface area contributed by atoms with E-state index in [0.29, 0.717) is 5.78 Å². The highest BCUT2D eigenvalue weighted by Gasteiger charge is 2.00. The maximum atomic E-state index is 4.21. The van der Waals surface area contributed by atoms with Crippen LogP contribution in [0, 0.1) is 6.92 Å². The average Bonchev–Trinajstić information content (AvgIpc) is 2.45. The summed E-state index contributed by atoms with van der Waals surface area (Å²) < 4.78 is 1.79. The zero-order valence-corrected chi connectivity index (χ0v) is 6.79. The van der Waals surface area contributed by atoms with Gasteiger partial charge in [0, 0.05) is 16.8 Å². The predicted octanol–water partition coefficient (Wildman–Crippen LogP) is 0.721. The van der Waals surface area contributed by atoms with Crippen molar-refractivity contribution in [3.63, 3.8) is 0 Å². The van der Waals surface area contributed by atoms with Crippen molar-refractivity contribution in [1.82, 2.24) is 19.6 Å². The van der Waals surface area contributed by atoms with Gasteiger partial charge >= 0.3 is 0 Å². The molecule has 0 saturated carbocycles. The summed E-state index contributed by atoms with van der Waals surface area (Å²) in [6.45, 7) is 1.94. The molecule has 11 heavy (non-hydrogen) atoms. The molecule has 0 spiro atoms. The number of aryl methyl sites for hydroxylation is 1. The zero-order chi connectivity index (χ0) is 7.84. The van der Waals surface area contributed by atoms with Crippen LogP contribution in [0.1, 0.15) is 5.69 Å². The van der Waals surface area contributed by atoms with Gasteiger partial charge in [-0.1, -0.05) is 0 Å². The Bertz CT molecular complexity index is 394. The first-order chi connectivity index (χ1) is 5.29. The molecular weight excluding hydrogens is 160 g/mol. The quantitative estimate of drug-likeness (QED) is 0.586. The first kappa shape index (κ1) is 6.60. The fourth-order valence-electron chi connectivity index (χ4n) is 0.889. The van der Waals surface area contributed by atoms with Crippen LogP contribution in [0.3, 0.4) is 0 Å². The SMILES string of the molecule is Cc1c(S)cnc2nncn12. The van der Waals surface area contributed by atoms with E-state index < -0.39 is 0 Å². The van der Waals surface area contributed by atoms with Crippen molar-refractivity contribution >= 4 is 18.4 Å². The van der Waals surface area contributed by atoms with Gasteiger partial charge in [0.1, 0.15) is 6.33 Å². The minimum atomic E-state index is 0.611. The molecule has 4 nitrogen and oxygen atoms in total. The van der Waals surface area contributed by atoms with Gasteiger partial charge in [0.2, 0.25) is 0 Å². The Morgan fingerprint density at radius 1 is 1.55 bits per heavy atom. The fourth-order valence-corrected chi connectivity index (χ4v) is 1.05. The van der Waals surface area contributed by atoms with E-state index in [-0.39, 0.29) is 0 Å². The lowest BCUT2D eigenvalue weighted by atomic mass is 10.4. The van der Waals surface area contributed by atoms with Gasteiger partial charge in [0.25, 0.3) is 5.78 Å². The van der Waals surface area contributed by atoms with E-state index in [1.807, 2.05) is 6.92 Å². The number of rotatable bonds is 0. The van der Waals surface area contributed by atoms with Crippen LogP contribution in [0.15, 0.2) is 17.4 Å². The zero-order valence-electron chi connectivity index (χ0n) is 5.89. The summed E-state index contributed by atoms with van der Waals surface area (Å²) in [6.07, 6.45) is 3.29. The second-order valence-electron chi connectivity index (χ2n) is 2.23. The van der Waals surface area contributed by atoms with Crippen LogP contribution in [0.5, 0.6) is 0 Å². The van der Waals surface area contributed by atoms with Crippen molar-refractivity contribution in [3.05, 3.63) is 18.2 Å². The van der Waals surface area contributed by atoms with Crippen LogP contribution >= 0.6 is 12.6 Å².